The van der Waals surface area contributed by atoms with Gasteiger partial charge in [0, 0.05) is 27.8 Å². The molecule has 0 aliphatic heterocycles. The maximum Gasteiger partial charge on any atom is 0.323 e. The standard InChI is InChI=1S/C23H20N4O3/c1-30-17-12-10-16(11-13-17)26-23(29)25-15-8-6-14(7-9-15)20-18-4-2-3-5-19(18)27-21(20)22(24)28/h2-13,27H,1H3,(H2,24,28)(H2,25,26,29). The van der Waals surface area contributed by atoms with Crippen LogP contribution in [0.15, 0.2) is 72.8 Å². The predicted octanol–water partition coefficient (Wildman–Crippen LogP) is 4.59. The number of hydrogen-bond acceptors (Lipinski definition) is 3. The molecule has 0 fully saturated rings. The second kappa shape index (κ2) is 8.00. The van der Waals surface area contributed by atoms with Crippen molar-refractivity contribution in [3.05, 3.63) is 78.5 Å². The van der Waals surface area contributed by atoms with Gasteiger partial charge in [-0.2, -0.15) is 0 Å². The second-order valence-corrected chi connectivity index (χ2v) is 6.67. The molecule has 150 valence electrons. The molecule has 0 aliphatic carbocycles. The first kappa shape index (κ1) is 19.1. The first-order chi connectivity index (χ1) is 14.5. The molecular weight excluding hydrogens is 380 g/mol. The number of carbonyl (C=O) groups excluding carboxylic acids is 2. The molecule has 4 rings (SSSR count). The quantitative estimate of drug-likeness (QED) is 0.393. The van der Waals surface area contributed by atoms with Crippen LogP contribution in [0.4, 0.5) is 16.2 Å². The topological polar surface area (TPSA) is 109 Å². The average molecular weight is 400 g/mol. The fourth-order valence-corrected chi connectivity index (χ4v) is 3.31. The summed E-state index contributed by atoms with van der Waals surface area (Å²) in [7, 11) is 1.58. The van der Waals surface area contributed by atoms with Crippen LogP contribution in [0.3, 0.4) is 0 Å². The summed E-state index contributed by atoms with van der Waals surface area (Å²) in [6.45, 7) is 0. The molecule has 0 bridgehead atoms. The lowest BCUT2D eigenvalue weighted by Gasteiger charge is -2.09. The number of hydrogen-bond donors (Lipinski definition) is 4. The summed E-state index contributed by atoms with van der Waals surface area (Å²) in [5, 5.41) is 6.45. The normalized spacial score (nSPS) is 10.6. The number of carbonyl (C=O) groups is 2. The van der Waals surface area contributed by atoms with Gasteiger partial charge < -0.3 is 26.1 Å². The monoisotopic (exact) mass is 400 g/mol. The molecule has 7 nitrogen and oxygen atoms in total. The third-order valence-electron chi connectivity index (χ3n) is 4.73. The predicted molar refractivity (Wildman–Crippen MR) is 118 cm³/mol. The lowest BCUT2D eigenvalue weighted by atomic mass is 10.0. The number of methoxy groups -OCH3 is 1. The zero-order valence-corrected chi connectivity index (χ0v) is 16.2. The summed E-state index contributed by atoms with van der Waals surface area (Å²) in [4.78, 5) is 27.2. The maximum atomic E-state index is 12.2. The molecular formula is C23H20N4O3. The number of ether oxygens (including phenoxy) is 1. The van der Waals surface area contributed by atoms with Gasteiger partial charge in [0.1, 0.15) is 11.4 Å². The van der Waals surface area contributed by atoms with Gasteiger partial charge in [-0.05, 0) is 48.0 Å². The third kappa shape index (κ3) is 3.81. The van der Waals surface area contributed by atoms with Crippen LogP contribution in [0.2, 0.25) is 0 Å². The van der Waals surface area contributed by atoms with Gasteiger partial charge in [-0.15, -0.1) is 0 Å². The summed E-state index contributed by atoms with van der Waals surface area (Å²) >= 11 is 0. The van der Waals surface area contributed by atoms with E-state index in [1.807, 2.05) is 36.4 Å². The van der Waals surface area contributed by atoms with Gasteiger partial charge in [0.15, 0.2) is 0 Å². The number of H-pyrrole nitrogens is 1. The average Bonchev–Trinajstić information content (AvgIpc) is 3.15. The van der Waals surface area contributed by atoms with Crippen LogP contribution in [0.25, 0.3) is 22.0 Å². The molecule has 1 aromatic heterocycles. The number of primary amides is 1. The van der Waals surface area contributed by atoms with E-state index in [1.54, 1.807) is 43.5 Å². The highest BCUT2D eigenvalue weighted by atomic mass is 16.5. The Morgan fingerprint density at radius 2 is 1.47 bits per heavy atom. The van der Waals surface area contributed by atoms with Gasteiger partial charge in [0.2, 0.25) is 0 Å². The Morgan fingerprint density at radius 3 is 2.07 bits per heavy atom. The smallest absolute Gasteiger partial charge is 0.323 e. The molecule has 0 spiro atoms. The van der Waals surface area contributed by atoms with Crippen LogP contribution in [0.1, 0.15) is 10.5 Å². The Hall–Kier alpha value is -4.26. The van der Waals surface area contributed by atoms with Crippen molar-refractivity contribution in [2.24, 2.45) is 5.73 Å². The van der Waals surface area contributed by atoms with E-state index in [1.165, 1.54) is 0 Å². The number of amides is 3. The number of nitrogens with two attached hydrogens (primary N) is 1. The fourth-order valence-electron chi connectivity index (χ4n) is 3.31. The summed E-state index contributed by atoms with van der Waals surface area (Å²) < 4.78 is 5.10. The van der Waals surface area contributed by atoms with E-state index in [2.05, 4.69) is 15.6 Å². The van der Waals surface area contributed by atoms with Crippen molar-refractivity contribution in [1.29, 1.82) is 0 Å². The van der Waals surface area contributed by atoms with Crippen molar-refractivity contribution in [1.82, 2.24) is 4.98 Å². The van der Waals surface area contributed by atoms with Crippen LogP contribution in [0.5, 0.6) is 5.75 Å². The molecule has 0 saturated heterocycles. The van der Waals surface area contributed by atoms with E-state index in [9.17, 15) is 9.59 Å². The van der Waals surface area contributed by atoms with Crippen molar-refractivity contribution in [2.75, 3.05) is 17.7 Å². The number of fused-ring (bicyclic) bond motifs is 1. The highest BCUT2D eigenvalue weighted by molar-refractivity contribution is 6.09. The molecule has 1 heterocycles. The fraction of sp³-hybridized carbons (Fsp3) is 0.0435. The van der Waals surface area contributed by atoms with Crippen molar-refractivity contribution in [2.45, 2.75) is 0 Å². The maximum absolute atomic E-state index is 12.2. The number of aromatic amines is 1. The third-order valence-corrected chi connectivity index (χ3v) is 4.73. The van der Waals surface area contributed by atoms with Crippen LogP contribution in [-0.4, -0.2) is 24.0 Å². The number of aromatic nitrogens is 1. The molecule has 4 aromatic rings. The van der Waals surface area contributed by atoms with E-state index in [0.29, 0.717) is 22.8 Å². The van der Waals surface area contributed by atoms with E-state index in [-0.39, 0.29) is 6.03 Å². The minimum Gasteiger partial charge on any atom is -0.497 e. The number of anilines is 2. The van der Waals surface area contributed by atoms with E-state index < -0.39 is 5.91 Å². The number of rotatable bonds is 5. The minimum atomic E-state index is -0.526. The largest absolute Gasteiger partial charge is 0.497 e. The summed E-state index contributed by atoms with van der Waals surface area (Å²) in [5.74, 6) is 0.187. The minimum absolute atomic E-state index is 0.356. The molecule has 5 N–H and O–H groups in total. The number of para-hydroxylation sites is 1. The zero-order valence-electron chi connectivity index (χ0n) is 16.2. The zero-order chi connectivity index (χ0) is 21.1. The summed E-state index contributed by atoms with van der Waals surface area (Å²) in [6.07, 6.45) is 0. The molecule has 30 heavy (non-hydrogen) atoms. The molecule has 3 aromatic carbocycles. The van der Waals surface area contributed by atoms with Gasteiger partial charge >= 0.3 is 6.03 Å². The summed E-state index contributed by atoms with van der Waals surface area (Å²) in [5.41, 5.74) is 9.58. The van der Waals surface area contributed by atoms with Gasteiger partial charge in [-0.1, -0.05) is 30.3 Å². The molecule has 7 heteroatoms. The number of nitrogens with one attached hydrogen (secondary N) is 3. The Labute approximate surface area is 172 Å². The lowest BCUT2D eigenvalue weighted by Crippen LogP contribution is -2.19. The Morgan fingerprint density at radius 1 is 0.867 bits per heavy atom. The van der Waals surface area contributed by atoms with Gasteiger partial charge in [0.25, 0.3) is 5.91 Å². The van der Waals surface area contributed by atoms with Crippen molar-refractivity contribution >= 4 is 34.2 Å². The molecule has 0 atom stereocenters. The SMILES string of the molecule is COc1ccc(NC(=O)Nc2ccc(-c3c(C(N)=O)[nH]c4ccccc34)cc2)cc1. The highest BCUT2D eigenvalue weighted by Gasteiger charge is 2.17. The van der Waals surface area contributed by atoms with E-state index >= 15 is 0 Å². The number of urea groups is 1. The first-order valence-electron chi connectivity index (χ1n) is 9.28. The Kier molecular flexibility index (Phi) is 5.09. The van der Waals surface area contributed by atoms with Gasteiger partial charge in [-0.3, -0.25) is 4.79 Å². The lowest BCUT2D eigenvalue weighted by molar-refractivity contribution is 0.0997. The van der Waals surface area contributed by atoms with Crippen molar-refractivity contribution in [3.8, 4) is 16.9 Å². The number of benzene rings is 3. The molecule has 0 saturated carbocycles. The van der Waals surface area contributed by atoms with Crippen LogP contribution < -0.4 is 21.1 Å². The van der Waals surface area contributed by atoms with Gasteiger partial charge in [0.05, 0.1) is 7.11 Å². The van der Waals surface area contributed by atoms with Crippen molar-refractivity contribution in [3.63, 3.8) is 0 Å². The van der Waals surface area contributed by atoms with E-state index in [0.717, 1.165) is 22.0 Å². The Balaban J connectivity index is 1.53. The van der Waals surface area contributed by atoms with Crippen LogP contribution >= 0.6 is 0 Å². The molecule has 3 amide bonds. The van der Waals surface area contributed by atoms with Crippen molar-refractivity contribution < 1.29 is 14.3 Å². The second-order valence-electron chi connectivity index (χ2n) is 6.67. The summed E-state index contributed by atoms with van der Waals surface area (Å²) in [6, 6.07) is 21.5. The van der Waals surface area contributed by atoms with E-state index in [4.69, 9.17) is 10.5 Å². The Bertz CT molecular complexity index is 1210. The first-order valence-corrected chi connectivity index (χ1v) is 9.28. The van der Waals surface area contributed by atoms with Crippen LogP contribution in [-0.2, 0) is 0 Å². The highest BCUT2D eigenvalue weighted by Crippen LogP contribution is 2.33. The molecule has 0 unspecified atom stereocenters. The van der Waals surface area contributed by atoms with Crippen LogP contribution in [0, 0.1) is 0 Å². The molecule has 0 aliphatic rings. The molecule has 0 radical (unpaired) electrons. The van der Waals surface area contributed by atoms with Gasteiger partial charge in [-0.25, -0.2) is 4.79 Å².